The number of aromatic nitrogens is 1. The maximum atomic E-state index is 10.9. The molecule has 0 fully saturated rings. The molecule has 1 aromatic carbocycles. The number of aliphatic hydroxyl groups is 1. The lowest BCUT2D eigenvalue weighted by Gasteiger charge is -2.04. The van der Waals surface area contributed by atoms with Crippen molar-refractivity contribution in [1.29, 1.82) is 0 Å². The summed E-state index contributed by atoms with van der Waals surface area (Å²) < 4.78 is 0. The number of rotatable bonds is 4. The minimum Gasteiger partial charge on any atom is -0.396 e. The van der Waals surface area contributed by atoms with Crippen LogP contribution < -0.4 is 0 Å². The van der Waals surface area contributed by atoms with E-state index in [1.54, 1.807) is 24.4 Å². The van der Waals surface area contributed by atoms with Crippen LogP contribution in [0, 0.1) is 10.1 Å². The van der Waals surface area contributed by atoms with Crippen LogP contribution in [-0.4, -0.2) is 27.4 Å². The predicted octanol–water partition coefficient (Wildman–Crippen LogP) is 2.65. The van der Waals surface area contributed by atoms with Crippen LogP contribution in [0.5, 0.6) is 0 Å². The van der Waals surface area contributed by atoms with Crippen molar-refractivity contribution in [2.24, 2.45) is 0 Å². The minimum absolute atomic E-state index is 0. The van der Waals surface area contributed by atoms with Crippen molar-refractivity contribution in [3.8, 4) is 0 Å². The highest BCUT2D eigenvalue weighted by Crippen LogP contribution is 2.32. The molecule has 0 amide bonds. The van der Waals surface area contributed by atoms with Gasteiger partial charge in [-0.25, -0.2) is 0 Å². The number of nitrogens with zero attached hydrogens (tertiary/aromatic N) is 2. The Hall–Kier alpha value is -1.37. The number of halogens is 1. The SMILES string of the molecule is Cl.O=[N+]([O-])c1ccc(SCCO)c2ncccc12. The van der Waals surface area contributed by atoms with Gasteiger partial charge >= 0.3 is 0 Å². The van der Waals surface area contributed by atoms with Gasteiger partial charge in [0.25, 0.3) is 5.69 Å². The van der Waals surface area contributed by atoms with Gasteiger partial charge in [0.05, 0.1) is 22.4 Å². The van der Waals surface area contributed by atoms with Gasteiger partial charge in [-0.05, 0) is 18.2 Å². The van der Waals surface area contributed by atoms with E-state index in [1.807, 2.05) is 0 Å². The van der Waals surface area contributed by atoms with E-state index in [9.17, 15) is 10.1 Å². The normalized spacial score (nSPS) is 10.1. The van der Waals surface area contributed by atoms with E-state index in [0.29, 0.717) is 16.7 Å². The van der Waals surface area contributed by atoms with Gasteiger partial charge in [0.2, 0.25) is 0 Å². The van der Waals surface area contributed by atoms with Crippen LogP contribution in [0.15, 0.2) is 35.4 Å². The van der Waals surface area contributed by atoms with Gasteiger partial charge in [-0.3, -0.25) is 15.1 Å². The summed E-state index contributed by atoms with van der Waals surface area (Å²) in [5, 5.41) is 20.2. The van der Waals surface area contributed by atoms with Crippen LogP contribution >= 0.6 is 24.2 Å². The second-order valence-corrected chi connectivity index (χ2v) is 4.45. The lowest BCUT2D eigenvalue weighted by Crippen LogP contribution is -1.93. The molecule has 1 heterocycles. The molecule has 0 saturated carbocycles. The Morgan fingerprint density at radius 2 is 2.17 bits per heavy atom. The highest BCUT2D eigenvalue weighted by molar-refractivity contribution is 7.99. The number of non-ortho nitro benzene ring substituents is 1. The lowest BCUT2D eigenvalue weighted by atomic mass is 10.2. The molecule has 0 spiro atoms. The van der Waals surface area contributed by atoms with E-state index in [1.165, 1.54) is 17.8 Å². The molecular formula is C11H11ClN2O3S. The van der Waals surface area contributed by atoms with Crippen molar-refractivity contribution in [2.75, 3.05) is 12.4 Å². The van der Waals surface area contributed by atoms with Gasteiger partial charge in [0.15, 0.2) is 0 Å². The van der Waals surface area contributed by atoms with Crippen LogP contribution in [0.1, 0.15) is 0 Å². The summed E-state index contributed by atoms with van der Waals surface area (Å²) in [5.74, 6) is 0.545. The first-order chi connectivity index (χ1) is 8.24. The summed E-state index contributed by atoms with van der Waals surface area (Å²) in [6.45, 7) is 0.0655. The molecule has 0 atom stereocenters. The van der Waals surface area contributed by atoms with Crippen molar-refractivity contribution in [2.45, 2.75) is 4.90 Å². The van der Waals surface area contributed by atoms with Crippen LogP contribution in [0.3, 0.4) is 0 Å². The van der Waals surface area contributed by atoms with Crippen LogP contribution in [0.25, 0.3) is 10.9 Å². The third-order valence-corrected chi connectivity index (χ3v) is 3.28. The molecule has 0 radical (unpaired) electrons. The van der Waals surface area contributed by atoms with Crippen molar-refractivity contribution in [3.05, 3.63) is 40.6 Å². The van der Waals surface area contributed by atoms with Gasteiger partial charge < -0.3 is 5.11 Å². The van der Waals surface area contributed by atoms with Crippen molar-refractivity contribution in [1.82, 2.24) is 4.98 Å². The van der Waals surface area contributed by atoms with Crippen LogP contribution in [0.4, 0.5) is 5.69 Å². The Kier molecular flexibility index (Phi) is 5.33. The molecule has 7 heteroatoms. The second-order valence-electron chi connectivity index (χ2n) is 3.31. The largest absolute Gasteiger partial charge is 0.396 e. The van der Waals surface area contributed by atoms with Crippen molar-refractivity contribution in [3.63, 3.8) is 0 Å². The minimum atomic E-state index is -0.412. The summed E-state index contributed by atoms with van der Waals surface area (Å²) >= 11 is 1.44. The van der Waals surface area contributed by atoms with Crippen molar-refractivity contribution < 1.29 is 10.0 Å². The van der Waals surface area contributed by atoms with Crippen molar-refractivity contribution >= 4 is 40.8 Å². The third-order valence-electron chi connectivity index (χ3n) is 2.26. The monoisotopic (exact) mass is 286 g/mol. The van der Waals surface area contributed by atoms with Crippen LogP contribution in [-0.2, 0) is 0 Å². The first kappa shape index (κ1) is 14.7. The fourth-order valence-electron chi connectivity index (χ4n) is 1.56. The standard InChI is InChI=1S/C11H10N2O3S.ClH/c14-6-7-17-10-4-3-9(13(15)16)8-2-1-5-12-11(8)10;/h1-5,14H,6-7H2;1H. The number of fused-ring (bicyclic) bond motifs is 1. The highest BCUT2D eigenvalue weighted by Gasteiger charge is 2.14. The Labute approximate surface area is 114 Å². The van der Waals surface area contributed by atoms with E-state index in [0.717, 1.165) is 4.90 Å². The van der Waals surface area contributed by atoms with E-state index in [2.05, 4.69) is 4.98 Å². The number of thioether (sulfide) groups is 1. The second kappa shape index (κ2) is 6.53. The molecule has 0 aliphatic heterocycles. The zero-order valence-electron chi connectivity index (χ0n) is 9.28. The van der Waals surface area contributed by atoms with Gasteiger partial charge in [0.1, 0.15) is 0 Å². The predicted molar refractivity (Wildman–Crippen MR) is 73.5 cm³/mol. The number of nitro groups is 1. The number of nitro benzene ring substituents is 1. The summed E-state index contributed by atoms with van der Waals surface area (Å²) in [6.07, 6.45) is 1.61. The number of benzene rings is 1. The van der Waals surface area contributed by atoms with E-state index in [-0.39, 0.29) is 24.7 Å². The Balaban J connectivity index is 0.00000162. The Morgan fingerprint density at radius 1 is 1.39 bits per heavy atom. The fourth-order valence-corrected chi connectivity index (χ4v) is 2.34. The molecule has 2 rings (SSSR count). The smallest absolute Gasteiger partial charge is 0.278 e. The quantitative estimate of drug-likeness (QED) is 0.531. The first-order valence-electron chi connectivity index (χ1n) is 5.00. The number of hydrogen-bond acceptors (Lipinski definition) is 5. The fraction of sp³-hybridized carbons (Fsp3) is 0.182. The number of aliphatic hydroxyl groups excluding tert-OH is 1. The summed E-state index contributed by atoms with van der Waals surface area (Å²) in [7, 11) is 0. The summed E-state index contributed by atoms with van der Waals surface area (Å²) in [4.78, 5) is 15.5. The maximum Gasteiger partial charge on any atom is 0.278 e. The molecular weight excluding hydrogens is 276 g/mol. The molecule has 0 saturated heterocycles. The average molecular weight is 287 g/mol. The molecule has 96 valence electrons. The van der Waals surface area contributed by atoms with Gasteiger partial charge in [-0.2, -0.15) is 0 Å². The average Bonchev–Trinajstić information content (AvgIpc) is 2.35. The molecule has 2 aromatic rings. The summed E-state index contributed by atoms with van der Waals surface area (Å²) in [6, 6.07) is 6.51. The molecule has 0 aliphatic carbocycles. The summed E-state index contributed by atoms with van der Waals surface area (Å²) in [5.41, 5.74) is 0.668. The molecule has 5 nitrogen and oxygen atoms in total. The van der Waals surface area contributed by atoms with Gasteiger partial charge in [-0.15, -0.1) is 24.2 Å². The number of hydrogen-bond donors (Lipinski definition) is 1. The highest BCUT2D eigenvalue weighted by atomic mass is 35.5. The van der Waals surface area contributed by atoms with E-state index in [4.69, 9.17) is 5.11 Å². The zero-order valence-corrected chi connectivity index (χ0v) is 10.9. The molecule has 1 N–H and O–H groups in total. The van der Waals surface area contributed by atoms with Gasteiger partial charge in [-0.1, -0.05) is 0 Å². The van der Waals surface area contributed by atoms with E-state index < -0.39 is 4.92 Å². The molecule has 0 aliphatic rings. The molecule has 0 unspecified atom stereocenters. The molecule has 1 aromatic heterocycles. The third kappa shape index (κ3) is 2.90. The Morgan fingerprint density at radius 3 is 2.83 bits per heavy atom. The maximum absolute atomic E-state index is 10.9. The lowest BCUT2D eigenvalue weighted by molar-refractivity contribution is -0.383. The molecule has 18 heavy (non-hydrogen) atoms. The Bertz CT molecular complexity index is 565. The topological polar surface area (TPSA) is 76.3 Å². The number of pyridine rings is 1. The first-order valence-corrected chi connectivity index (χ1v) is 5.98. The zero-order chi connectivity index (χ0) is 12.3. The van der Waals surface area contributed by atoms with Crippen LogP contribution in [0.2, 0.25) is 0 Å². The molecule has 0 bridgehead atoms. The van der Waals surface area contributed by atoms with Gasteiger partial charge in [0, 0.05) is 22.9 Å². The van der Waals surface area contributed by atoms with E-state index >= 15 is 0 Å².